The molecule has 18 heteroatoms. The fourth-order valence-electron chi connectivity index (χ4n) is 13.3. The third-order valence-electron chi connectivity index (χ3n) is 18.5. The van der Waals surface area contributed by atoms with Crippen LogP contribution < -0.4 is 31.5 Å². The quantitative estimate of drug-likeness (QED) is 0.0269. The summed E-state index contributed by atoms with van der Waals surface area (Å²) in [6.45, 7) is 6.81. The van der Waals surface area contributed by atoms with Gasteiger partial charge in [-0.1, -0.05) is 162 Å². The van der Waals surface area contributed by atoms with Gasteiger partial charge in [0.25, 0.3) is 0 Å². The summed E-state index contributed by atoms with van der Waals surface area (Å²) in [6.07, 6.45) is 9.63. The molecule has 1 aromatic heterocycles. The summed E-state index contributed by atoms with van der Waals surface area (Å²) in [5, 5.41) is 15.7. The number of piperidine rings is 1. The van der Waals surface area contributed by atoms with Gasteiger partial charge in [0.05, 0.1) is 0 Å². The molecule has 5 aromatic carbocycles. The van der Waals surface area contributed by atoms with Gasteiger partial charge in [-0.15, -0.1) is 0 Å². The van der Waals surface area contributed by atoms with Crippen LogP contribution in [0.15, 0.2) is 128 Å². The van der Waals surface area contributed by atoms with E-state index in [1.807, 2.05) is 104 Å². The van der Waals surface area contributed by atoms with Crippen LogP contribution >= 0.6 is 0 Å². The van der Waals surface area contributed by atoms with Crippen molar-refractivity contribution >= 4 is 69.7 Å². The Morgan fingerprint density at radius 3 is 2.13 bits per heavy atom. The third kappa shape index (κ3) is 15.0. The van der Waals surface area contributed by atoms with Gasteiger partial charge in [-0.05, 0) is 96.4 Å². The number of carbonyl (C=O) groups is 9. The van der Waals surface area contributed by atoms with E-state index in [1.165, 1.54) is 0 Å². The number of benzene rings is 5. The lowest BCUT2D eigenvalue weighted by molar-refractivity contribution is -0.147. The molecule has 10 rings (SSSR count). The standard InChI is InChI=1S/C72H84N8O10/c1-4-46(3)65-71(88)79-39-23-20-34-62(79)69(86)74-58(32-13-9-12-26-51(81)5-2)67(84)75-59(68(85)77-65)41-50-43-78(61-33-19-18-27-52(50)61)44-64(82)73-37-21-6-7-22-38-80-63-42-49(66(83)47-24-10-8-11-25-47)36-35-48(63)40-60(70(80)87)76-72(89)90-45-57-55-30-16-14-28-53(55)54-29-15-17-31-56(54)57/h8,10-11,14-19,24-25,27-31,33,35-36,42-43,46,57-60,62,65H,4-7,9,12-13,20-23,26,32,34,37-41,44-45H2,1-3H3,(H,73,82)(H,74,86)(H,75,84)(H,76,89)(H,77,85)/t46?,58-,59-,60?,62+,65-/m0/s1. The maximum absolute atomic E-state index is 14.7. The van der Waals surface area contributed by atoms with Gasteiger partial charge in [0.2, 0.25) is 35.4 Å². The first kappa shape index (κ1) is 64.1. The van der Waals surface area contributed by atoms with E-state index < -0.39 is 54.0 Å². The molecule has 4 heterocycles. The van der Waals surface area contributed by atoms with Crippen molar-refractivity contribution in [3.05, 3.63) is 161 Å². The van der Waals surface area contributed by atoms with Gasteiger partial charge in [-0.2, -0.15) is 0 Å². The Balaban J connectivity index is 0.767. The van der Waals surface area contributed by atoms with Gasteiger partial charge in [0, 0.05) is 85.1 Å². The second kappa shape index (κ2) is 30.0. The van der Waals surface area contributed by atoms with Gasteiger partial charge < -0.3 is 45.7 Å². The summed E-state index contributed by atoms with van der Waals surface area (Å²) >= 11 is 0. The average Bonchev–Trinajstić information content (AvgIpc) is 1.55. The normalized spacial score (nSPS) is 19.6. The van der Waals surface area contributed by atoms with Crippen LogP contribution in [0.4, 0.5) is 10.5 Å². The number of aromatic nitrogens is 1. The number of nitrogens with one attached hydrogen (secondary N) is 5. The van der Waals surface area contributed by atoms with E-state index in [0.717, 1.165) is 58.0 Å². The first-order valence-corrected chi connectivity index (χ1v) is 32.4. The maximum atomic E-state index is 14.7. The van der Waals surface area contributed by atoms with Crippen LogP contribution in [0.2, 0.25) is 0 Å². The van der Waals surface area contributed by atoms with Crippen molar-refractivity contribution in [3.63, 3.8) is 0 Å². The van der Waals surface area contributed by atoms with Crippen LogP contribution in [0.3, 0.4) is 0 Å². The second-order valence-electron chi connectivity index (χ2n) is 24.6. The Bertz CT molecular complexity index is 3570. The lowest BCUT2D eigenvalue weighted by Crippen LogP contribution is -2.64. The predicted octanol–water partition coefficient (Wildman–Crippen LogP) is 9.41. The van der Waals surface area contributed by atoms with Crippen molar-refractivity contribution in [2.24, 2.45) is 5.92 Å². The van der Waals surface area contributed by atoms with E-state index in [1.54, 1.807) is 34.1 Å². The molecule has 0 spiro atoms. The average molecular weight is 1220 g/mol. The number of para-hydroxylation sites is 1. The highest BCUT2D eigenvalue weighted by Gasteiger charge is 2.42. The monoisotopic (exact) mass is 1220 g/mol. The summed E-state index contributed by atoms with van der Waals surface area (Å²) in [4.78, 5) is 128. The largest absolute Gasteiger partial charge is 0.449 e. The van der Waals surface area contributed by atoms with E-state index in [2.05, 4.69) is 50.8 Å². The minimum atomic E-state index is -1.15. The van der Waals surface area contributed by atoms with Crippen molar-refractivity contribution in [2.75, 3.05) is 31.1 Å². The van der Waals surface area contributed by atoms with E-state index in [4.69, 9.17) is 4.74 Å². The number of rotatable bonds is 25. The number of amides is 7. The van der Waals surface area contributed by atoms with Crippen LogP contribution in [-0.4, -0.2) is 119 Å². The summed E-state index contributed by atoms with van der Waals surface area (Å²) in [6, 6.07) is 33.3. The molecule has 0 saturated carbocycles. The van der Waals surface area contributed by atoms with Crippen LogP contribution in [0.1, 0.15) is 155 Å². The zero-order chi connectivity index (χ0) is 63.3. The molecule has 0 bridgehead atoms. The van der Waals surface area contributed by atoms with Crippen molar-refractivity contribution in [1.82, 2.24) is 36.1 Å². The molecule has 3 aliphatic heterocycles. The number of hydrogen-bond donors (Lipinski definition) is 5. The molecule has 4 aliphatic rings. The number of alkyl carbamates (subject to hydrolysis) is 1. The van der Waals surface area contributed by atoms with Gasteiger partial charge in [0.1, 0.15) is 49.1 Å². The first-order valence-electron chi connectivity index (χ1n) is 32.4. The Morgan fingerprint density at radius 2 is 1.38 bits per heavy atom. The van der Waals surface area contributed by atoms with E-state index >= 15 is 0 Å². The van der Waals surface area contributed by atoms with Crippen molar-refractivity contribution in [1.29, 1.82) is 0 Å². The SMILES string of the molecule is CCC(=O)CCCCC[C@@H]1NC(=O)[C@H]2CCCCN2C(=O)[C@H](C(C)CC)NC(=O)[C@H](Cc2cn(CC(=O)NCCCCCCN3C(=O)C(NC(=O)OCC4c5ccccc5-c5ccccc54)Cc4ccc(C(=O)c5ccccc5)cc43)c3ccccc23)NC1=O. The van der Waals surface area contributed by atoms with Gasteiger partial charge >= 0.3 is 6.09 Å². The lowest BCUT2D eigenvalue weighted by Gasteiger charge is -2.39. The number of ether oxygens (including phenoxy) is 1. The number of nitrogens with zero attached hydrogens (tertiary/aromatic N) is 3. The van der Waals surface area contributed by atoms with Crippen molar-refractivity contribution in [3.8, 4) is 11.1 Å². The molecule has 7 amide bonds. The van der Waals surface area contributed by atoms with E-state index in [9.17, 15) is 43.2 Å². The number of carbonyl (C=O) groups excluding carboxylic acids is 9. The van der Waals surface area contributed by atoms with Crippen LogP contribution in [0.5, 0.6) is 0 Å². The summed E-state index contributed by atoms with van der Waals surface area (Å²) in [7, 11) is 0. The maximum Gasteiger partial charge on any atom is 0.407 e. The Morgan fingerprint density at radius 1 is 0.689 bits per heavy atom. The fourth-order valence-corrected chi connectivity index (χ4v) is 13.3. The molecular formula is C72H84N8O10. The molecule has 1 aliphatic carbocycles. The van der Waals surface area contributed by atoms with Crippen LogP contribution in [0.25, 0.3) is 22.0 Å². The second-order valence-corrected chi connectivity index (χ2v) is 24.6. The minimum Gasteiger partial charge on any atom is -0.449 e. The third-order valence-corrected chi connectivity index (χ3v) is 18.5. The number of ketones is 2. The summed E-state index contributed by atoms with van der Waals surface area (Å²) < 4.78 is 7.70. The van der Waals surface area contributed by atoms with E-state index in [-0.39, 0.29) is 73.5 Å². The topological polar surface area (TPSA) is 234 Å². The highest BCUT2D eigenvalue weighted by molar-refractivity contribution is 6.11. The number of unbranched alkanes of at least 4 members (excludes halogenated alkanes) is 5. The zero-order valence-electron chi connectivity index (χ0n) is 51.9. The number of hydrogen-bond acceptors (Lipinski definition) is 10. The Kier molecular flexibility index (Phi) is 21.4. The molecule has 90 heavy (non-hydrogen) atoms. The molecule has 18 nitrogen and oxygen atoms in total. The molecule has 2 saturated heterocycles. The van der Waals surface area contributed by atoms with E-state index in [0.29, 0.717) is 106 Å². The molecule has 2 fully saturated rings. The lowest BCUT2D eigenvalue weighted by atomic mass is 9.93. The number of Topliss-reactive ketones (excluding diaryl/α,β-unsaturated/α-hetero) is 1. The molecule has 0 radical (unpaired) electrons. The highest BCUT2D eigenvalue weighted by Crippen LogP contribution is 2.44. The molecule has 6 aromatic rings. The number of fused-ring (bicyclic) bond motifs is 6. The van der Waals surface area contributed by atoms with Crippen LogP contribution in [-0.2, 0) is 57.7 Å². The van der Waals surface area contributed by atoms with Crippen molar-refractivity contribution < 1.29 is 47.9 Å². The molecule has 472 valence electrons. The number of anilines is 1. The smallest absolute Gasteiger partial charge is 0.407 e. The minimum absolute atomic E-state index is 0.0254. The molecular weight excluding hydrogens is 1140 g/mol. The summed E-state index contributed by atoms with van der Waals surface area (Å²) in [5.74, 6) is -2.73. The van der Waals surface area contributed by atoms with Gasteiger partial charge in [-0.3, -0.25) is 38.4 Å². The molecule has 2 unspecified atom stereocenters. The predicted molar refractivity (Wildman–Crippen MR) is 344 cm³/mol. The molecule has 5 N–H and O–H groups in total. The zero-order valence-corrected chi connectivity index (χ0v) is 51.9. The van der Waals surface area contributed by atoms with Crippen molar-refractivity contribution in [2.45, 2.75) is 166 Å². The Hall–Kier alpha value is -8.93. The van der Waals surface area contributed by atoms with Gasteiger partial charge in [-0.25, -0.2) is 4.79 Å². The van der Waals surface area contributed by atoms with Gasteiger partial charge in [0.15, 0.2) is 5.78 Å². The Labute approximate surface area is 526 Å². The summed E-state index contributed by atoms with van der Waals surface area (Å²) in [5.41, 5.74) is 8.25. The fraction of sp³-hybridized carbons (Fsp3) is 0.431. The van der Waals surface area contributed by atoms with Crippen LogP contribution in [0, 0.1) is 5.92 Å². The molecule has 6 atom stereocenters. The highest BCUT2D eigenvalue weighted by atomic mass is 16.5. The first-order chi connectivity index (χ1) is 43.7.